The van der Waals surface area contributed by atoms with Gasteiger partial charge in [0, 0.05) is 14.1 Å². The van der Waals surface area contributed by atoms with Crippen LogP contribution in [0.15, 0.2) is 47.4 Å². The van der Waals surface area contributed by atoms with E-state index in [1.807, 2.05) is 19.1 Å². The average molecular weight is 354 g/mol. The number of halogens is 1. The number of rotatable bonds is 4. The SMILES string of the molecule is Cc1ccc(OC(=O)c2ccc(Cl)c(S(=O)(=O)N(C)C)c2)cc1. The van der Waals surface area contributed by atoms with E-state index >= 15 is 0 Å². The van der Waals surface area contributed by atoms with Crippen molar-refractivity contribution in [2.24, 2.45) is 0 Å². The van der Waals surface area contributed by atoms with Gasteiger partial charge in [-0.2, -0.15) is 0 Å². The molecule has 122 valence electrons. The molecule has 0 atom stereocenters. The van der Waals surface area contributed by atoms with Crippen LogP contribution in [0.25, 0.3) is 0 Å². The Morgan fingerprint density at radius 1 is 1.09 bits per heavy atom. The summed E-state index contributed by atoms with van der Waals surface area (Å²) in [4.78, 5) is 12.0. The van der Waals surface area contributed by atoms with E-state index in [0.717, 1.165) is 9.87 Å². The van der Waals surface area contributed by atoms with Crippen molar-refractivity contribution in [1.82, 2.24) is 4.31 Å². The maximum absolute atomic E-state index is 12.2. The largest absolute Gasteiger partial charge is 0.423 e. The van der Waals surface area contributed by atoms with Crippen molar-refractivity contribution in [2.45, 2.75) is 11.8 Å². The number of hydrogen-bond acceptors (Lipinski definition) is 4. The first-order valence-electron chi connectivity index (χ1n) is 6.73. The summed E-state index contributed by atoms with van der Waals surface area (Å²) in [6, 6.07) is 11.0. The van der Waals surface area contributed by atoms with E-state index in [-0.39, 0.29) is 15.5 Å². The molecule has 0 spiro atoms. The van der Waals surface area contributed by atoms with Gasteiger partial charge in [-0.15, -0.1) is 0 Å². The highest BCUT2D eigenvalue weighted by Crippen LogP contribution is 2.25. The number of sulfonamides is 1. The van der Waals surface area contributed by atoms with Crippen LogP contribution in [0.3, 0.4) is 0 Å². The molecule has 2 aromatic carbocycles. The standard InChI is InChI=1S/C16H16ClNO4S/c1-11-4-7-13(8-5-11)22-16(19)12-6-9-14(17)15(10-12)23(20,21)18(2)3/h4-10H,1-3H3. The molecule has 0 radical (unpaired) electrons. The van der Waals surface area contributed by atoms with E-state index in [9.17, 15) is 13.2 Å². The fourth-order valence-electron chi connectivity index (χ4n) is 1.80. The van der Waals surface area contributed by atoms with Gasteiger partial charge in [0.2, 0.25) is 10.0 Å². The Kier molecular flexibility index (Phi) is 5.09. The molecule has 0 unspecified atom stereocenters. The molecule has 0 saturated heterocycles. The molecule has 23 heavy (non-hydrogen) atoms. The van der Waals surface area contributed by atoms with Crippen LogP contribution in [-0.2, 0) is 10.0 Å². The Morgan fingerprint density at radius 3 is 2.26 bits per heavy atom. The molecular weight excluding hydrogens is 338 g/mol. The molecule has 2 aromatic rings. The van der Waals surface area contributed by atoms with Crippen molar-refractivity contribution in [3.63, 3.8) is 0 Å². The first-order valence-corrected chi connectivity index (χ1v) is 8.54. The van der Waals surface area contributed by atoms with Gasteiger partial charge in [0.1, 0.15) is 10.6 Å². The van der Waals surface area contributed by atoms with Gasteiger partial charge >= 0.3 is 5.97 Å². The number of ether oxygens (including phenoxy) is 1. The summed E-state index contributed by atoms with van der Waals surface area (Å²) in [7, 11) is -0.965. The van der Waals surface area contributed by atoms with E-state index in [1.54, 1.807) is 12.1 Å². The summed E-state index contributed by atoms with van der Waals surface area (Å²) < 4.78 is 30.7. The minimum absolute atomic E-state index is 0.0468. The van der Waals surface area contributed by atoms with Crippen molar-refractivity contribution in [1.29, 1.82) is 0 Å². The van der Waals surface area contributed by atoms with Crippen LogP contribution in [-0.4, -0.2) is 32.8 Å². The van der Waals surface area contributed by atoms with E-state index in [1.165, 1.54) is 32.3 Å². The Hall–Kier alpha value is -1.89. The third kappa shape index (κ3) is 3.90. The van der Waals surface area contributed by atoms with E-state index in [0.29, 0.717) is 5.75 Å². The fraction of sp³-hybridized carbons (Fsp3) is 0.188. The summed E-state index contributed by atoms with van der Waals surface area (Å²) in [5.41, 5.74) is 1.14. The van der Waals surface area contributed by atoms with Crippen LogP contribution in [0, 0.1) is 6.92 Å². The monoisotopic (exact) mass is 353 g/mol. The van der Waals surface area contributed by atoms with Crippen LogP contribution in [0.4, 0.5) is 0 Å². The molecule has 0 aromatic heterocycles. The Labute approximate surface area is 140 Å². The Bertz CT molecular complexity index is 830. The maximum atomic E-state index is 12.2. The van der Waals surface area contributed by atoms with Crippen LogP contribution in [0.1, 0.15) is 15.9 Å². The lowest BCUT2D eigenvalue weighted by Gasteiger charge is -2.13. The fourth-order valence-corrected chi connectivity index (χ4v) is 3.19. The quantitative estimate of drug-likeness (QED) is 0.625. The minimum Gasteiger partial charge on any atom is -0.423 e. The predicted molar refractivity (Wildman–Crippen MR) is 88.5 cm³/mol. The van der Waals surface area contributed by atoms with Crippen molar-refractivity contribution >= 4 is 27.6 Å². The van der Waals surface area contributed by atoms with Gasteiger partial charge in [-0.1, -0.05) is 29.3 Å². The van der Waals surface area contributed by atoms with Crippen molar-refractivity contribution in [2.75, 3.05) is 14.1 Å². The number of carbonyl (C=O) groups is 1. The molecule has 0 aliphatic rings. The molecule has 7 heteroatoms. The third-order valence-corrected chi connectivity index (χ3v) is 5.45. The molecule has 0 heterocycles. The summed E-state index contributed by atoms with van der Waals surface area (Å²) in [5.74, 6) is -0.270. The van der Waals surface area contributed by atoms with Gasteiger partial charge in [-0.3, -0.25) is 0 Å². The minimum atomic E-state index is -3.75. The zero-order chi connectivity index (χ0) is 17.2. The van der Waals surface area contributed by atoms with Crippen molar-refractivity contribution < 1.29 is 17.9 Å². The number of aryl methyl sites for hydroxylation is 1. The third-order valence-electron chi connectivity index (χ3n) is 3.16. The topological polar surface area (TPSA) is 63.7 Å². The van der Waals surface area contributed by atoms with Gasteiger partial charge in [0.05, 0.1) is 10.6 Å². The predicted octanol–water partition coefficient (Wildman–Crippen LogP) is 3.12. The lowest BCUT2D eigenvalue weighted by atomic mass is 10.2. The molecular formula is C16H16ClNO4S. The number of esters is 1. The molecule has 0 bridgehead atoms. The smallest absolute Gasteiger partial charge is 0.343 e. The van der Waals surface area contributed by atoms with Gasteiger partial charge in [0.15, 0.2) is 0 Å². The molecule has 0 aliphatic carbocycles. The van der Waals surface area contributed by atoms with E-state index in [4.69, 9.17) is 16.3 Å². The molecule has 0 aliphatic heterocycles. The summed E-state index contributed by atoms with van der Waals surface area (Å²) in [6.45, 7) is 1.92. The highest BCUT2D eigenvalue weighted by molar-refractivity contribution is 7.89. The molecule has 0 N–H and O–H groups in total. The second kappa shape index (κ2) is 6.70. The zero-order valence-electron chi connectivity index (χ0n) is 12.9. The van der Waals surface area contributed by atoms with E-state index in [2.05, 4.69) is 0 Å². The lowest BCUT2D eigenvalue weighted by molar-refractivity contribution is 0.0734. The second-order valence-electron chi connectivity index (χ2n) is 5.14. The number of carbonyl (C=O) groups excluding carboxylic acids is 1. The van der Waals surface area contributed by atoms with Gasteiger partial charge < -0.3 is 4.74 Å². The number of hydrogen-bond donors (Lipinski definition) is 0. The van der Waals surface area contributed by atoms with Crippen LogP contribution in [0.5, 0.6) is 5.75 Å². The highest BCUT2D eigenvalue weighted by atomic mass is 35.5. The Morgan fingerprint density at radius 2 is 1.70 bits per heavy atom. The molecule has 0 amide bonds. The van der Waals surface area contributed by atoms with Gasteiger partial charge in [-0.05, 0) is 37.3 Å². The first-order chi connectivity index (χ1) is 10.7. The van der Waals surface area contributed by atoms with Gasteiger partial charge in [-0.25, -0.2) is 17.5 Å². The zero-order valence-corrected chi connectivity index (χ0v) is 14.5. The molecule has 5 nitrogen and oxygen atoms in total. The summed E-state index contributed by atoms with van der Waals surface area (Å²) in [5, 5.41) is 0.0468. The van der Waals surface area contributed by atoms with Gasteiger partial charge in [0.25, 0.3) is 0 Å². The normalized spacial score (nSPS) is 11.5. The second-order valence-corrected chi connectivity index (χ2v) is 7.66. The number of benzene rings is 2. The lowest BCUT2D eigenvalue weighted by Crippen LogP contribution is -2.23. The molecule has 0 fully saturated rings. The highest BCUT2D eigenvalue weighted by Gasteiger charge is 2.23. The van der Waals surface area contributed by atoms with E-state index < -0.39 is 16.0 Å². The van der Waals surface area contributed by atoms with Crippen LogP contribution < -0.4 is 4.74 Å². The number of nitrogens with zero attached hydrogens (tertiary/aromatic N) is 1. The van der Waals surface area contributed by atoms with Crippen molar-refractivity contribution in [3.05, 3.63) is 58.6 Å². The molecule has 2 rings (SSSR count). The average Bonchev–Trinajstić information content (AvgIpc) is 2.49. The van der Waals surface area contributed by atoms with Crippen LogP contribution in [0.2, 0.25) is 5.02 Å². The maximum Gasteiger partial charge on any atom is 0.343 e. The summed E-state index contributed by atoms with van der Waals surface area (Å²) >= 11 is 5.95. The van der Waals surface area contributed by atoms with Crippen LogP contribution >= 0.6 is 11.6 Å². The first kappa shape index (κ1) is 17.5. The Balaban J connectivity index is 2.33. The van der Waals surface area contributed by atoms with Crippen molar-refractivity contribution in [3.8, 4) is 5.75 Å². The molecule has 0 saturated carbocycles. The summed E-state index contributed by atoms with van der Waals surface area (Å²) in [6.07, 6.45) is 0.